The minimum absolute atomic E-state index is 0.0859. The number of aromatic nitrogens is 6. The fraction of sp³-hybridized carbons (Fsp3) is 0.557. The number of hydrogen-bond acceptors (Lipinski definition) is 16. The van der Waals surface area contributed by atoms with Crippen molar-refractivity contribution in [1.82, 2.24) is 50.1 Å². The zero-order valence-electron chi connectivity index (χ0n) is 47.1. The molecular weight excluding hydrogens is 1030 g/mol. The highest BCUT2D eigenvalue weighted by Gasteiger charge is 2.44. The number of piperidine rings is 3. The van der Waals surface area contributed by atoms with Gasteiger partial charge in [0.15, 0.2) is 17.4 Å². The molecule has 1 unspecified atom stereocenters. The van der Waals surface area contributed by atoms with Crippen LogP contribution in [0, 0.1) is 30.6 Å². The molecule has 11 rings (SSSR count). The van der Waals surface area contributed by atoms with E-state index >= 15 is 0 Å². The molecule has 0 bridgehead atoms. The number of likely N-dealkylation sites (tertiary alicyclic amines) is 3. The number of phenols is 1. The number of hydrogen-bond donors (Lipinski definition) is 4. The zero-order valence-corrected chi connectivity index (χ0v) is 47.9. The maximum absolute atomic E-state index is 14.4. The number of anilines is 2. The number of ether oxygens (including phenoxy) is 1. The summed E-state index contributed by atoms with van der Waals surface area (Å²) in [4.78, 5) is 42.8. The Morgan fingerprint density at radius 1 is 0.838 bits per heavy atom. The van der Waals surface area contributed by atoms with E-state index in [9.17, 15) is 19.8 Å². The molecule has 19 heteroatoms. The van der Waals surface area contributed by atoms with E-state index in [1.54, 1.807) is 23.5 Å². The fourth-order valence-electron chi connectivity index (χ4n) is 13.3. The number of thiazole rings is 1. The van der Waals surface area contributed by atoms with Crippen LogP contribution in [0.15, 0.2) is 83.1 Å². The first kappa shape index (κ1) is 55.6. The lowest BCUT2D eigenvalue weighted by Crippen LogP contribution is -2.48. The first-order chi connectivity index (χ1) is 38.7. The number of amides is 2. The molecule has 426 valence electrons. The van der Waals surface area contributed by atoms with Gasteiger partial charge in [0.25, 0.3) is 0 Å². The maximum atomic E-state index is 14.4. The van der Waals surface area contributed by atoms with Crippen molar-refractivity contribution in [3.05, 3.63) is 95.6 Å². The predicted octanol–water partition coefficient (Wildman–Crippen LogP) is 8.74. The van der Waals surface area contributed by atoms with Gasteiger partial charge >= 0.3 is 0 Å². The highest BCUT2D eigenvalue weighted by atomic mass is 32.1. The van der Waals surface area contributed by atoms with Gasteiger partial charge in [-0.1, -0.05) is 55.4 Å². The predicted molar refractivity (Wildman–Crippen MR) is 310 cm³/mol. The Balaban J connectivity index is 0.576. The topological polar surface area (TPSA) is 217 Å². The first-order valence-electron chi connectivity index (χ1n) is 29.3. The van der Waals surface area contributed by atoms with Gasteiger partial charge in [0.05, 0.1) is 58.4 Å². The Hall–Kier alpha value is -6.25. The summed E-state index contributed by atoms with van der Waals surface area (Å²) in [6.45, 7) is 18.7. The van der Waals surface area contributed by atoms with Gasteiger partial charge in [0.2, 0.25) is 11.8 Å². The number of aromatic hydroxyl groups is 1. The summed E-state index contributed by atoms with van der Waals surface area (Å²) in [6, 6.07) is 18.2. The molecule has 5 fully saturated rings. The van der Waals surface area contributed by atoms with E-state index in [1.165, 1.54) is 30.8 Å². The quantitative estimate of drug-likeness (QED) is 0.0633. The molecular formula is C61H80N12O6S. The van der Waals surface area contributed by atoms with Gasteiger partial charge in [0, 0.05) is 81.2 Å². The third-order valence-corrected chi connectivity index (χ3v) is 19.1. The third kappa shape index (κ3) is 12.5. The second-order valence-corrected chi connectivity index (χ2v) is 24.8. The van der Waals surface area contributed by atoms with E-state index in [-0.39, 0.29) is 54.6 Å². The Kier molecular flexibility index (Phi) is 17.0. The van der Waals surface area contributed by atoms with Crippen LogP contribution in [-0.2, 0) is 14.3 Å². The summed E-state index contributed by atoms with van der Waals surface area (Å²) < 4.78 is 14.8. The molecule has 4 aromatic heterocycles. The average molecular weight is 1110 g/mol. The average Bonchev–Trinajstić information content (AvgIpc) is 4.30. The number of aliphatic hydroxyl groups is 1. The van der Waals surface area contributed by atoms with Crippen molar-refractivity contribution in [3.63, 3.8) is 0 Å². The van der Waals surface area contributed by atoms with Crippen molar-refractivity contribution in [2.24, 2.45) is 23.7 Å². The molecule has 80 heavy (non-hydrogen) atoms. The van der Waals surface area contributed by atoms with E-state index in [4.69, 9.17) is 20.1 Å². The third-order valence-electron chi connectivity index (χ3n) is 18.1. The second kappa shape index (κ2) is 24.5. The van der Waals surface area contributed by atoms with Crippen molar-refractivity contribution in [1.29, 1.82) is 0 Å². The molecule has 4 aliphatic heterocycles. The summed E-state index contributed by atoms with van der Waals surface area (Å²) in [7, 11) is 0. The summed E-state index contributed by atoms with van der Waals surface area (Å²) in [6.07, 6.45) is 12.7. The van der Waals surface area contributed by atoms with Crippen molar-refractivity contribution in [3.8, 4) is 38.6 Å². The smallest absolute Gasteiger partial charge is 0.243 e. The number of para-hydroxylation sites is 1. The summed E-state index contributed by atoms with van der Waals surface area (Å²) >= 11 is 1.60. The fourth-order valence-corrected chi connectivity index (χ4v) is 14.1. The van der Waals surface area contributed by atoms with E-state index in [0.29, 0.717) is 34.9 Å². The Labute approximate surface area is 474 Å². The van der Waals surface area contributed by atoms with Crippen LogP contribution in [0.4, 0.5) is 11.6 Å². The number of β-amino-alcohol motifs (C(OH)–C–C–N with tert-alkyl or cyclic N) is 1. The lowest BCUT2D eigenvalue weighted by Gasteiger charge is -2.44. The van der Waals surface area contributed by atoms with Gasteiger partial charge in [0.1, 0.15) is 17.7 Å². The normalized spacial score (nSPS) is 23.1. The van der Waals surface area contributed by atoms with Crippen LogP contribution >= 0.6 is 11.3 Å². The molecule has 1 aliphatic carbocycles. The molecule has 5 atom stereocenters. The van der Waals surface area contributed by atoms with Crippen molar-refractivity contribution < 1.29 is 29.1 Å². The lowest BCUT2D eigenvalue weighted by atomic mass is 9.74. The largest absolute Gasteiger partial charge is 0.507 e. The van der Waals surface area contributed by atoms with Crippen LogP contribution in [0.1, 0.15) is 121 Å². The number of nitrogens with zero attached hydrogens (tertiary/aromatic N) is 10. The molecule has 2 aromatic carbocycles. The van der Waals surface area contributed by atoms with Crippen molar-refractivity contribution in [2.75, 3.05) is 69.5 Å². The minimum Gasteiger partial charge on any atom is -0.507 e. The van der Waals surface area contributed by atoms with Crippen LogP contribution in [0.3, 0.4) is 0 Å². The molecule has 4 saturated heterocycles. The van der Waals surface area contributed by atoms with Crippen LogP contribution in [0.5, 0.6) is 5.75 Å². The van der Waals surface area contributed by atoms with Crippen molar-refractivity contribution >= 4 is 34.8 Å². The summed E-state index contributed by atoms with van der Waals surface area (Å²) in [5.41, 5.74) is 14.0. The SMILES string of the molecule is Cc1ncsc1-c1ccc([C@H](C)NC(=O)[C@@H]2C[C@@H](O)CN2C(=O)[C@H](c2cc(N3CCC(OC4CCN(CC5CC(CN6CCC(C(C)n7cc(-c8cc(-c9ccccc9O)nnc8N)cn7)CC6)C5)CC4)CC3)no2)C(C)C)cc1. The summed E-state index contributed by atoms with van der Waals surface area (Å²) in [5, 5.41) is 42.0. The number of benzene rings is 2. The number of carbonyl (C=O) groups is 2. The monoisotopic (exact) mass is 1110 g/mol. The number of aryl methyl sites for hydroxylation is 1. The second-order valence-electron chi connectivity index (χ2n) is 24.0. The molecule has 6 aromatic rings. The highest BCUT2D eigenvalue weighted by molar-refractivity contribution is 7.13. The van der Waals surface area contributed by atoms with Gasteiger partial charge in [-0.2, -0.15) is 5.10 Å². The Morgan fingerprint density at radius 2 is 1.51 bits per heavy atom. The molecule has 18 nitrogen and oxygen atoms in total. The van der Waals surface area contributed by atoms with E-state index < -0.39 is 18.1 Å². The number of nitrogen functional groups attached to an aromatic ring is 1. The Morgan fingerprint density at radius 3 is 2.17 bits per heavy atom. The molecule has 5 N–H and O–H groups in total. The zero-order chi connectivity index (χ0) is 55.6. The number of aliphatic hydroxyl groups excluding tert-OH is 1. The van der Waals surface area contributed by atoms with Gasteiger partial charge < -0.3 is 50.1 Å². The minimum atomic E-state index is -0.800. The van der Waals surface area contributed by atoms with Gasteiger partial charge in [-0.3, -0.25) is 14.3 Å². The van der Waals surface area contributed by atoms with E-state index in [1.807, 2.05) is 87.9 Å². The van der Waals surface area contributed by atoms with Crippen LogP contribution in [-0.4, -0.2) is 150 Å². The van der Waals surface area contributed by atoms with Crippen LogP contribution < -0.4 is 16.0 Å². The molecule has 0 spiro atoms. The van der Waals surface area contributed by atoms with E-state index in [0.717, 1.165) is 128 Å². The van der Waals surface area contributed by atoms with Crippen LogP contribution in [0.2, 0.25) is 0 Å². The van der Waals surface area contributed by atoms with E-state index in [2.05, 4.69) is 58.2 Å². The molecule has 8 heterocycles. The first-order valence-corrected chi connectivity index (χ1v) is 30.2. The maximum Gasteiger partial charge on any atom is 0.243 e. The molecule has 2 amide bonds. The molecule has 1 saturated carbocycles. The lowest BCUT2D eigenvalue weighted by molar-refractivity contribution is -0.141. The standard InChI is InChI=1S/C61H80N12O6S/c1-37(2)57(61(77)72-35-47(74)28-53(72)60(76)65-38(3)43-10-12-45(13-11-43)58-39(4)63-36-80-58)55-30-56(68-79-55)71-24-18-49(19-25-71)78-48-16-22-70(23-17-48)33-42-26-41(27-42)32-69-20-14-44(15-21-69)40(5)73-34-46(31-64-73)51-29-52(66-67-59(51)62)50-8-6-7-9-54(50)75/h6-13,29-31,34,36-38,40-42,44,47-49,53,57,74-75H,14-28,32-33,35H2,1-5H3,(H2,62,67)(H,65,76)/t38-,40?,41?,42?,47+,53-,57-/m0/s1. The van der Waals surface area contributed by atoms with Gasteiger partial charge in [-0.05, 0) is 138 Å². The Bertz CT molecular complexity index is 3040. The number of rotatable bonds is 18. The summed E-state index contributed by atoms with van der Waals surface area (Å²) in [5.74, 6) is 2.52. The van der Waals surface area contributed by atoms with Crippen molar-refractivity contribution in [2.45, 2.75) is 135 Å². The number of nitrogens with two attached hydrogens (primary N) is 1. The number of nitrogens with one attached hydrogen (secondary N) is 1. The van der Waals surface area contributed by atoms with Gasteiger partial charge in [-0.15, -0.1) is 21.5 Å². The van der Waals surface area contributed by atoms with Gasteiger partial charge in [-0.25, -0.2) is 4.98 Å². The molecule has 0 radical (unpaired) electrons. The van der Waals surface area contributed by atoms with Crippen LogP contribution in [0.25, 0.3) is 32.8 Å². The number of carbonyl (C=O) groups excluding carboxylic acids is 2. The molecule has 5 aliphatic rings. The highest BCUT2D eigenvalue weighted by Crippen LogP contribution is 2.39. The number of phenolic OH excluding ortho intramolecular Hbond substituents is 1.